The Labute approximate surface area is 147 Å². The molecule has 0 bridgehead atoms. The van der Waals surface area contributed by atoms with Gasteiger partial charge in [-0.15, -0.1) is 0 Å². The summed E-state index contributed by atoms with van der Waals surface area (Å²) in [7, 11) is 0. The van der Waals surface area contributed by atoms with E-state index in [1.54, 1.807) is 0 Å². The van der Waals surface area contributed by atoms with Crippen LogP contribution in [0.5, 0.6) is 5.75 Å². The molecule has 2 rings (SSSR count). The molecule has 0 radical (unpaired) electrons. The smallest absolute Gasteiger partial charge is 0.119 e. The van der Waals surface area contributed by atoms with Crippen molar-refractivity contribution < 1.29 is 9.84 Å². The number of anilines is 1. The zero-order valence-corrected chi connectivity index (χ0v) is 15.5. The van der Waals surface area contributed by atoms with Crippen molar-refractivity contribution in [3.63, 3.8) is 0 Å². The molecule has 1 aromatic rings. The molecular weight excluding hydrogens is 298 g/mol. The molecule has 3 heteroatoms. The van der Waals surface area contributed by atoms with E-state index in [2.05, 4.69) is 31.3 Å². The van der Waals surface area contributed by atoms with Gasteiger partial charge >= 0.3 is 0 Å². The second kappa shape index (κ2) is 9.93. The van der Waals surface area contributed by atoms with Crippen LogP contribution in [-0.4, -0.2) is 23.9 Å². The van der Waals surface area contributed by atoms with Gasteiger partial charge in [-0.05, 0) is 49.4 Å². The van der Waals surface area contributed by atoms with E-state index in [0.717, 1.165) is 30.9 Å². The number of nitrogens with one attached hydrogen (secondary N) is 1. The van der Waals surface area contributed by atoms with Gasteiger partial charge in [-0.25, -0.2) is 0 Å². The minimum atomic E-state index is -0.167. The molecular formula is C21H35NO2. The summed E-state index contributed by atoms with van der Waals surface area (Å²) in [4.78, 5) is 0. The molecule has 1 saturated carbocycles. The number of aliphatic hydroxyl groups is 1. The fraction of sp³-hybridized carbons (Fsp3) is 0.714. The number of benzene rings is 1. The lowest BCUT2D eigenvalue weighted by Gasteiger charge is -2.43. The van der Waals surface area contributed by atoms with Crippen molar-refractivity contribution >= 4 is 5.69 Å². The highest BCUT2D eigenvalue weighted by atomic mass is 16.5. The Morgan fingerprint density at radius 2 is 1.88 bits per heavy atom. The maximum Gasteiger partial charge on any atom is 0.119 e. The van der Waals surface area contributed by atoms with E-state index in [4.69, 9.17) is 4.74 Å². The fourth-order valence-corrected chi connectivity index (χ4v) is 3.69. The lowest BCUT2D eigenvalue weighted by Crippen LogP contribution is -2.49. The van der Waals surface area contributed by atoms with Crippen molar-refractivity contribution in [3.05, 3.63) is 24.3 Å². The standard InChI is InChI=1S/C21H35NO2/c1-3-4-5-6-9-16-24-20-13-11-19(12-14-20)22-21(17-23)15-8-7-10-18(21)2/h11-14,18,22-23H,3-10,15-17H2,1-2H3/t18-,21+/m0/s1. The molecule has 0 amide bonds. The zero-order valence-electron chi connectivity index (χ0n) is 15.5. The lowest BCUT2D eigenvalue weighted by atomic mass is 9.74. The first-order valence-corrected chi connectivity index (χ1v) is 9.82. The van der Waals surface area contributed by atoms with Gasteiger partial charge in [0.05, 0.1) is 18.8 Å². The summed E-state index contributed by atoms with van der Waals surface area (Å²) in [5.74, 6) is 1.43. The Bertz CT molecular complexity index is 459. The number of rotatable bonds is 10. The van der Waals surface area contributed by atoms with Crippen LogP contribution in [0.3, 0.4) is 0 Å². The van der Waals surface area contributed by atoms with Crippen molar-refractivity contribution in [1.82, 2.24) is 0 Å². The molecule has 3 nitrogen and oxygen atoms in total. The molecule has 0 unspecified atom stereocenters. The molecule has 1 aromatic carbocycles. The number of hydrogen-bond donors (Lipinski definition) is 2. The molecule has 1 aliphatic carbocycles. The largest absolute Gasteiger partial charge is 0.494 e. The molecule has 2 atom stereocenters. The number of aliphatic hydroxyl groups excluding tert-OH is 1. The Balaban J connectivity index is 1.81. The zero-order chi connectivity index (χ0) is 17.3. The third kappa shape index (κ3) is 5.41. The fourth-order valence-electron chi connectivity index (χ4n) is 3.69. The summed E-state index contributed by atoms with van der Waals surface area (Å²) in [5.41, 5.74) is 0.910. The normalized spacial score (nSPS) is 23.9. The highest BCUT2D eigenvalue weighted by molar-refractivity contribution is 5.48. The molecule has 0 heterocycles. The second-order valence-electron chi connectivity index (χ2n) is 7.37. The van der Waals surface area contributed by atoms with Crippen LogP contribution < -0.4 is 10.1 Å². The van der Waals surface area contributed by atoms with Crippen molar-refractivity contribution in [2.45, 2.75) is 77.2 Å². The SMILES string of the molecule is CCCCCCCOc1ccc(N[C@@]2(CO)CCCC[C@@H]2C)cc1. The lowest BCUT2D eigenvalue weighted by molar-refractivity contribution is 0.126. The first-order valence-electron chi connectivity index (χ1n) is 9.82. The minimum absolute atomic E-state index is 0.167. The maximum atomic E-state index is 9.95. The quantitative estimate of drug-likeness (QED) is 0.564. The van der Waals surface area contributed by atoms with Crippen LogP contribution in [0.25, 0.3) is 0 Å². The third-order valence-corrected chi connectivity index (χ3v) is 5.50. The van der Waals surface area contributed by atoms with E-state index < -0.39 is 0 Å². The van der Waals surface area contributed by atoms with Crippen molar-refractivity contribution in [2.24, 2.45) is 5.92 Å². The van der Waals surface area contributed by atoms with Crippen LogP contribution in [0.2, 0.25) is 0 Å². The summed E-state index contributed by atoms with van der Waals surface area (Å²) in [6.07, 6.45) is 11.0. The summed E-state index contributed by atoms with van der Waals surface area (Å²) >= 11 is 0. The summed E-state index contributed by atoms with van der Waals surface area (Å²) in [5, 5.41) is 13.6. The first-order chi connectivity index (χ1) is 11.7. The third-order valence-electron chi connectivity index (χ3n) is 5.50. The van der Waals surface area contributed by atoms with Crippen molar-refractivity contribution in [2.75, 3.05) is 18.5 Å². The molecule has 0 spiro atoms. The van der Waals surface area contributed by atoms with E-state index >= 15 is 0 Å². The number of ether oxygens (including phenoxy) is 1. The highest BCUT2D eigenvalue weighted by Gasteiger charge is 2.37. The topological polar surface area (TPSA) is 41.5 Å². The van der Waals surface area contributed by atoms with Crippen LogP contribution in [0, 0.1) is 5.92 Å². The minimum Gasteiger partial charge on any atom is -0.494 e. The van der Waals surface area contributed by atoms with Gasteiger partial charge in [0.1, 0.15) is 5.75 Å². The second-order valence-corrected chi connectivity index (χ2v) is 7.37. The highest BCUT2D eigenvalue weighted by Crippen LogP contribution is 2.36. The summed E-state index contributed by atoms with van der Waals surface area (Å²) in [6.45, 7) is 5.48. The molecule has 0 aromatic heterocycles. The van der Waals surface area contributed by atoms with Crippen molar-refractivity contribution in [1.29, 1.82) is 0 Å². The van der Waals surface area contributed by atoms with Crippen molar-refractivity contribution in [3.8, 4) is 5.75 Å². The average Bonchev–Trinajstić information content (AvgIpc) is 2.61. The molecule has 0 aliphatic heterocycles. The van der Waals surface area contributed by atoms with Crippen LogP contribution in [0.15, 0.2) is 24.3 Å². The Hall–Kier alpha value is -1.22. The van der Waals surface area contributed by atoms with Gasteiger partial charge < -0.3 is 15.2 Å². The van der Waals surface area contributed by atoms with Gasteiger partial charge in [0.2, 0.25) is 0 Å². The number of hydrogen-bond acceptors (Lipinski definition) is 3. The predicted molar refractivity (Wildman–Crippen MR) is 102 cm³/mol. The van der Waals surface area contributed by atoms with Crippen LogP contribution in [0.4, 0.5) is 5.69 Å². The van der Waals surface area contributed by atoms with Gasteiger partial charge in [0, 0.05) is 5.69 Å². The maximum absolute atomic E-state index is 9.95. The van der Waals surface area contributed by atoms with Gasteiger partial charge in [-0.1, -0.05) is 52.4 Å². The van der Waals surface area contributed by atoms with E-state index in [0.29, 0.717) is 5.92 Å². The Morgan fingerprint density at radius 3 is 2.54 bits per heavy atom. The van der Waals surface area contributed by atoms with Crippen LogP contribution in [-0.2, 0) is 0 Å². The van der Waals surface area contributed by atoms with Gasteiger partial charge in [-0.2, -0.15) is 0 Å². The molecule has 0 saturated heterocycles. The van der Waals surface area contributed by atoms with Gasteiger partial charge in [0.15, 0.2) is 0 Å². The molecule has 136 valence electrons. The summed E-state index contributed by atoms with van der Waals surface area (Å²) in [6, 6.07) is 8.22. The van der Waals surface area contributed by atoms with E-state index in [-0.39, 0.29) is 12.1 Å². The van der Waals surface area contributed by atoms with Crippen LogP contribution in [0.1, 0.15) is 71.6 Å². The van der Waals surface area contributed by atoms with Gasteiger partial charge in [-0.3, -0.25) is 0 Å². The Morgan fingerprint density at radius 1 is 1.12 bits per heavy atom. The first kappa shape index (κ1) is 19.1. The molecule has 24 heavy (non-hydrogen) atoms. The van der Waals surface area contributed by atoms with Gasteiger partial charge in [0.25, 0.3) is 0 Å². The summed E-state index contributed by atoms with van der Waals surface area (Å²) < 4.78 is 5.83. The Kier molecular flexibility index (Phi) is 7.90. The average molecular weight is 334 g/mol. The van der Waals surface area contributed by atoms with E-state index in [9.17, 15) is 5.11 Å². The van der Waals surface area contributed by atoms with E-state index in [1.807, 2.05) is 12.1 Å². The predicted octanol–water partition coefficient (Wildman–Crippen LogP) is 5.39. The van der Waals surface area contributed by atoms with Crippen LogP contribution >= 0.6 is 0 Å². The monoisotopic (exact) mass is 333 g/mol. The van der Waals surface area contributed by atoms with E-state index in [1.165, 1.54) is 44.9 Å². The molecule has 2 N–H and O–H groups in total. The number of unbranched alkanes of at least 4 members (excludes halogenated alkanes) is 4. The molecule has 1 fully saturated rings. The molecule has 1 aliphatic rings.